The molecule has 28 heavy (non-hydrogen) atoms. The molecule has 9 nitrogen and oxygen atoms in total. The number of rotatable bonds is 7. The highest BCUT2D eigenvalue weighted by Gasteiger charge is 2.23. The first-order valence-corrected chi connectivity index (χ1v) is 9.31. The molecule has 2 amide bonds. The molecule has 158 valence electrons. The molecule has 1 saturated heterocycles. The number of aliphatic imine (C=N–C) groups is 1. The number of guanidine groups is 1. The molecule has 1 fully saturated rings. The van der Waals surface area contributed by atoms with Crippen LogP contribution in [-0.2, 0) is 4.74 Å². The summed E-state index contributed by atoms with van der Waals surface area (Å²) in [6, 6.07) is 1.95. The molecule has 2 heterocycles. The Kier molecular flexibility index (Phi) is 10.7. The monoisotopic (exact) mass is 507 g/mol. The van der Waals surface area contributed by atoms with Crippen molar-refractivity contribution in [3.05, 3.63) is 23.7 Å². The number of ether oxygens (including phenoxy) is 1. The van der Waals surface area contributed by atoms with Crippen LogP contribution in [0, 0.1) is 6.92 Å². The highest BCUT2D eigenvalue weighted by Crippen LogP contribution is 2.11. The number of hydrogen-bond donors (Lipinski definition) is 3. The molecule has 0 bridgehead atoms. The number of amides is 2. The van der Waals surface area contributed by atoms with Gasteiger partial charge in [-0.15, -0.1) is 24.0 Å². The quantitative estimate of drug-likeness (QED) is 0.224. The first-order chi connectivity index (χ1) is 13.0. The van der Waals surface area contributed by atoms with Gasteiger partial charge in [0.15, 0.2) is 11.7 Å². The van der Waals surface area contributed by atoms with Crippen LogP contribution in [0.1, 0.15) is 42.3 Å². The topological polar surface area (TPSA) is 122 Å². The van der Waals surface area contributed by atoms with Crippen molar-refractivity contribution in [3.8, 4) is 0 Å². The third-order valence-corrected chi connectivity index (χ3v) is 4.34. The number of aryl methyl sites for hydroxylation is 1. The third kappa shape index (κ3) is 7.56. The van der Waals surface area contributed by atoms with Crippen molar-refractivity contribution in [2.45, 2.75) is 39.2 Å². The molecular formula is C18H30IN5O4. The van der Waals surface area contributed by atoms with Gasteiger partial charge in [0.2, 0.25) is 0 Å². The van der Waals surface area contributed by atoms with Crippen LogP contribution in [0.5, 0.6) is 0 Å². The maximum absolute atomic E-state index is 11.9. The van der Waals surface area contributed by atoms with E-state index in [1.54, 1.807) is 17.9 Å². The first kappa shape index (κ1) is 24.1. The molecule has 0 aromatic carbocycles. The molecule has 0 spiro atoms. The largest absolute Gasteiger partial charge is 0.459 e. The second-order valence-corrected chi connectivity index (χ2v) is 6.41. The van der Waals surface area contributed by atoms with E-state index >= 15 is 0 Å². The van der Waals surface area contributed by atoms with Gasteiger partial charge in [-0.3, -0.25) is 9.79 Å². The number of piperidine rings is 1. The highest BCUT2D eigenvalue weighted by atomic mass is 127. The predicted molar refractivity (Wildman–Crippen MR) is 117 cm³/mol. The number of furan rings is 1. The zero-order chi connectivity index (χ0) is 19.6. The van der Waals surface area contributed by atoms with Gasteiger partial charge < -0.3 is 30.4 Å². The standard InChI is InChI=1S/C18H29N5O4.HI/c1-3-26-18(25)23-10-5-14(6-11-23)22-17(19)21-9-4-8-20-16(24)15-13(2)7-12-27-15;/h7,12,14H,3-6,8-11H2,1-2H3,(H,20,24)(H3,19,21,22);1H. The Balaban J connectivity index is 0.00000392. The minimum atomic E-state index is -0.260. The first-order valence-electron chi connectivity index (χ1n) is 9.31. The smallest absolute Gasteiger partial charge is 0.409 e. The molecule has 1 aliphatic heterocycles. The molecule has 1 aromatic heterocycles. The van der Waals surface area contributed by atoms with E-state index in [2.05, 4.69) is 15.6 Å². The zero-order valence-electron chi connectivity index (χ0n) is 16.4. The summed E-state index contributed by atoms with van der Waals surface area (Å²) < 4.78 is 10.1. The normalized spacial score (nSPS) is 14.9. The van der Waals surface area contributed by atoms with Gasteiger partial charge in [0.1, 0.15) is 0 Å². The minimum Gasteiger partial charge on any atom is -0.459 e. The van der Waals surface area contributed by atoms with E-state index in [0.29, 0.717) is 50.9 Å². The van der Waals surface area contributed by atoms with Gasteiger partial charge in [0.05, 0.1) is 12.9 Å². The lowest BCUT2D eigenvalue weighted by atomic mass is 10.1. The second kappa shape index (κ2) is 12.5. The number of nitrogens with zero attached hydrogens (tertiary/aromatic N) is 2. The van der Waals surface area contributed by atoms with Crippen LogP contribution < -0.4 is 16.4 Å². The lowest BCUT2D eigenvalue weighted by Gasteiger charge is -2.31. The van der Waals surface area contributed by atoms with Crippen molar-refractivity contribution in [1.82, 2.24) is 15.5 Å². The molecule has 1 aromatic rings. The third-order valence-electron chi connectivity index (χ3n) is 4.34. The van der Waals surface area contributed by atoms with Crippen LogP contribution in [-0.4, -0.2) is 61.7 Å². The molecular weight excluding hydrogens is 477 g/mol. The maximum Gasteiger partial charge on any atom is 0.409 e. The molecule has 0 atom stereocenters. The SMILES string of the molecule is CCOC(=O)N1CCC(NC(N)=NCCCNC(=O)c2occc2C)CC1.I. The van der Waals surface area contributed by atoms with E-state index < -0.39 is 0 Å². The van der Waals surface area contributed by atoms with Gasteiger partial charge in [-0.05, 0) is 39.2 Å². The van der Waals surface area contributed by atoms with E-state index in [1.165, 1.54) is 6.26 Å². The second-order valence-electron chi connectivity index (χ2n) is 6.41. The summed E-state index contributed by atoms with van der Waals surface area (Å²) in [5.41, 5.74) is 6.73. The summed E-state index contributed by atoms with van der Waals surface area (Å²) >= 11 is 0. The Labute approximate surface area is 182 Å². The summed E-state index contributed by atoms with van der Waals surface area (Å²) in [6.45, 7) is 6.30. The Morgan fingerprint density at radius 1 is 1.39 bits per heavy atom. The van der Waals surface area contributed by atoms with E-state index in [9.17, 15) is 9.59 Å². The number of carbonyl (C=O) groups is 2. The van der Waals surface area contributed by atoms with Crippen molar-refractivity contribution < 1.29 is 18.7 Å². The maximum atomic E-state index is 11.9. The van der Waals surface area contributed by atoms with Crippen molar-refractivity contribution in [1.29, 1.82) is 0 Å². The van der Waals surface area contributed by atoms with E-state index in [0.717, 1.165) is 18.4 Å². The Hall–Kier alpha value is -1.98. The fourth-order valence-corrected chi connectivity index (χ4v) is 2.84. The van der Waals surface area contributed by atoms with Gasteiger partial charge in [-0.25, -0.2) is 4.79 Å². The Morgan fingerprint density at radius 3 is 2.71 bits per heavy atom. The number of hydrogen-bond acceptors (Lipinski definition) is 5. The number of nitrogens with one attached hydrogen (secondary N) is 2. The van der Waals surface area contributed by atoms with Gasteiger partial charge >= 0.3 is 6.09 Å². The van der Waals surface area contributed by atoms with Gasteiger partial charge in [-0.2, -0.15) is 0 Å². The van der Waals surface area contributed by atoms with Crippen LogP contribution in [0.4, 0.5) is 4.79 Å². The number of nitrogens with two attached hydrogens (primary N) is 1. The van der Waals surface area contributed by atoms with Crippen molar-refractivity contribution in [3.63, 3.8) is 0 Å². The van der Waals surface area contributed by atoms with Gasteiger partial charge in [0, 0.05) is 37.8 Å². The molecule has 0 saturated carbocycles. The number of likely N-dealkylation sites (tertiary alicyclic amines) is 1. The Bertz CT molecular complexity index is 656. The van der Waals surface area contributed by atoms with Gasteiger partial charge in [-0.1, -0.05) is 0 Å². The lowest BCUT2D eigenvalue weighted by molar-refractivity contribution is 0.0923. The summed E-state index contributed by atoms with van der Waals surface area (Å²) in [6.07, 6.45) is 3.51. The molecule has 2 rings (SSSR count). The van der Waals surface area contributed by atoms with Crippen molar-refractivity contribution >= 4 is 41.9 Å². The fourth-order valence-electron chi connectivity index (χ4n) is 2.84. The highest BCUT2D eigenvalue weighted by molar-refractivity contribution is 14.0. The summed E-state index contributed by atoms with van der Waals surface area (Å²) in [5.74, 6) is 0.507. The number of carbonyl (C=O) groups excluding carboxylic acids is 2. The molecule has 0 radical (unpaired) electrons. The summed E-state index contributed by atoms with van der Waals surface area (Å²) in [7, 11) is 0. The van der Waals surface area contributed by atoms with E-state index in [1.807, 2.05) is 6.92 Å². The molecule has 1 aliphatic rings. The molecule has 0 aliphatic carbocycles. The average Bonchev–Trinajstić information content (AvgIpc) is 3.08. The van der Waals surface area contributed by atoms with Crippen LogP contribution in [0.15, 0.2) is 21.7 Å². The fraction of sp³-hybridized carbons (Fsp3) is 0.611. The summed E-state index contributed by atoms with van der Waals surface area (Å²) in [4.78, 5) is 29.5. The van der Waals surface area contributed by atoms with Crippen molar-refractivity contribution in [2.24, 2.45) is 10.7 Å². The average molecular weight is 507 g/mol. The van der Waals surface area contributed by atoms with Crippen LogP contribution >= 0.6 is 24.0 Å². The van der Waals surface area contributed by atoms with E-state index in [-0.39, 0.29) is 42.0 Å². The lowest BCUT2D eigenvalue weighted by Crippen LogP contribution is -2.48. The molecule has 4 N–H and O–H groups in total. The molecule has 10 heteroatoms. The van der Waals surface area contributed by atoms with Crippen LogP contribution in [0.3, 0.4) is 0 Å². The Morgan fingerprint density at radius 2 is 2.11 bits per heavy atom. The van der Waals surface area contributed by atoms with Gasteiger partial charge in [0.25, 0.3) is 5.91 Å². The summed E-state index contributed by atoms with van der Waals surface area (Å²) in [5, 5.41) is 5.98. The van der Waals surface area contributed by atoms with Crippen LogP contribution in [0.2, 0.25) is 0 Å². The van der Waals surface area contributed by atoms with Crippen molar-refractivity contribution in [2.75, 3.05) is 32.8 Å². The van der Waals surface area contributed by atoms with E-state index in [4.69, 9.17) is 14.9 Å². The van der Waals surface area contributed by atoms with Crippen LogP contribution in [0.25, 0.3) is 0 Å². The molecule has 0 unspecified atom stereocenters. The number of halogens is 1. The zero-order valence-corrected chi connectivity index (χ0v) is 18.7. The minimum absolute atomic E-state index is 0. The predicted octanol–water partition coefficient (Wildman–Crippen LogP) is 1.85.